The number of carbonyl (C=O) groups is 1. The van der Waals surface area contributed by atoms with E-state index in [-0.39, 0.29) is 0 Å². The number of benzene rings is 1. The molecule has 112 valence electrons. The highest BCUT2D eigenvalue weighted by Crippen LogP contribution is 2.32. The lowest BCUT2D eigenvalue weighted by Gasteiger charge is -2.20. The van der Waals surface area contributed by atoms with Gasteiger partial charge in [-0.1, -0.05) is 15.9 Å². The molecule has 1 aromatic rings. The van der Waals surface area contributed by atoms with Gasteiger partial charge in [0, 0.05) is 16.6 Å². The summed E-state index contributed by atoms with van der Waals surface area (Å²) in [6, 6.07) is 3.80. The molecule has 20 heavy (non-hydrogen) atoms. The molecule has 0 saturated carbocycles. The quantitative estimate of drug-likeness (QED) is 0.743. The maximum atomic E-state index is 11.5. The third-order valence-electron chi connectivity index (χ3n) is 2.16. The lowest BCUT2D eigenvalue weighted by atomic mass is 10.2. The maximum absolute atomic E-state index is 11.5. The number of carbonyl (C=O) groups excluding carboxylic acids is 1. The smallest absolute Gasteiger partial charge is 0.422 e. The van der Waals surface area contributed by atoms with E-state index in [1.54, 1.807) is 27.9 Å². The predicted molar refractivity (Wildman–Crippen MR) is 84.6 cm³/mol. The normalized spacial score (nSPS) is 11.1. The Balaban J connectivity index is 2.60. The number of nitrogens with one attached hydrogen (secondary N) is 2. The minimum absolute atomic E-state index is 0.403. The summed E-state index contributed by atoms with van der Waals surface area (Å²) in [6.45, 7) is 5.82. The second kappa shape index (κ2) is 7.28. The van der Waals surface area contributed by atoms with Crippen LogP contribution in [0.3, 0.4) is 0 Å². The van der Waals surface area contributed by atoms with Gasteiger partial charge in [-0.05, 0) is 48.8 Å². The lowest BCUT2D eigenvalue weighted by molar-refractivity contribution is 0.0497. The van der Waals surface area contributed by atoms with E-state index in [1.807, 2.05) is 12.1 Å². The van der Waals surface area contributed by atoms with Gasteiger partial charge in [-0.2, -0.15) is 0 Å². The van der Waals surface area contributed by atoms with Gasteiger partial charge in [-0.15, -0.1) is 0 Å². The Hall–Kier alpha value is -0.790. The highest BCUT2D eigenvalue weighted by Gasteiger charge is 2.16. The molecule has 1 rings (SSSR count). The van der Waals surface area contributed by atoms with Crippen LogP contribution in [-0.2, 0) is 11.3 Å². The Morgan fingerprint density at radius 1 is 1.30 bits per heavy atom. The molecule has 0 bridgehead atoms. The van der Waals surface area contributed by atoms with Crippen LogP contribution < -0.4 is 15.6 Å². The summed E-state index contributed by atoms with van der Waals surface area (Å²) in [4.78, 5) is 11.5. The largest absolute Gasteiger partial charge is 0.495 e. The standard InChI is InChI=1S/C13H18Br2N2O3/c1-13(2,3)20-12(18)17-16-7-8-5-9(14)6-10(15)11(8)19-4/h5-6,16H,7H2,1-4H3,(H,17,18). The summed E-state index contributed by atoms with van der Waals surface area (Å²) in [5.74, 6) is 0.715. The van der Waals surface area contributed by atoms with Crippen molar-refractivity contribution in [2.24, 2.45) is 0 Å². The highest BCUT2D eigenvalue weighted by atomic mass is 79.9. The molecule has 2 N–H and O–H groups in total. The number of hydrazine groups is 1. The van der Waals surface area contributed by atoms with E-state index in [0.29, 0.717) is 12.3 Å². The molecule has 0 saturated heterocycles. The summed E-state index contributed by atoms with van der Waals surface area (Å²) >= 11 is 6.84. The zero-order valence-electron chi connectivity index (χ0n) is 11.8. The van der Waals surface area contributed by atoms with Crippen LogP contribution in [0.25, 0.3) is 0 Å². The molecule has 0 spiro atoms. The number of hydrogen-bond donors (Lipinski definition) is 2. The zero-order valence-corrected chi connectivity index (χ0v) is 15.0. The van der Waals surface area contributed by atoms with Gasteiger partial charge in [0.2, 0.25) is 0 Å². The highest BCUT2D eigenvalue weighted by molar-refractivity contribution is 9.11. The van der Waals surface area contributed by atoms with Gasteiger partial charge in [0.05, 0.1) is 11.6 Å². The van der Waals surface area contributed by atoms with E-state index in [2.05, 4.69) is 42.7 Å². The molecule has 0 heterocycles. The number of rotatable bonds is 4. The van der Waals surface area contributed by atoms with E-state index < -0.39 is 11.7 Å². The summed E-state index contributed by atoms with van der Waals surface area (Å²) in [6.07, 6.45) is -0.523. The van der Waals surface area contributed by atoms with Crippen molar-refractivity contribution in [2.75, 3.05) is 7.11 Å². The molecule has 5 nitrogen and oxygen atoms in total. The topological polar surface area (TPSA) is 59.6 Å². The van der Waals surface area contributed by atoms with E-state index in [9.17, 15) is 4.79 Å². The molecule has 0 atom stereocenters. The Morgan fingerprint density at radius 2 is 1.95 bits per heavy atom. The van der Waals surface area contributed by atoms with Crippen molar-refractivity contribution in [2.45, 2.75) is 32.9 Å². The number of amides is 1. The second-order valence-electron chi connectivity index (χ2n) is 5.06. The maximum Gasteiger partial charge on any atom is 0.422 e. The van der Waals surface area contributed by atoms with Crippen LogP contribution in [0.15, 0.2) is 21.1 Å². The minimum Gasteiger partial charge on any atom is -0.495 e. The number of ether oxygens (including phenoxy) is 2. The Morgan fingerprint density at radius 3 is 2.50 bits per heavy atom. The fraction of sp³-hybridized carbons (Fsp3) is 0.462. The average Bonchev–Trinajstić information content (AvgIpc) is 2.25. The van der Waals surface area contributed by atoms with Gasteiger partial charge in [0.25, 0.3) is 0 Å². The van der Waals surface area contributed by atoms with Crippen LogP contribution in [0.2, 0.25) is 0 Å². The first-order chi connectivity index (χ1) is 9.23. The Bertz CT molecular complexity index is 487. The molecule has 0 radical (unpaired) electrons. The fourth-order valence-electron chi connectivity index (χ4n) is 1.49. The van der Waals surface area contributed by atoms with Gasteiger partial charge < -0.3 is 9.47 Å². The first-order valence-electron chi connectivity index (χ1n) is 5.96. The molecule has 7 heteroatoms. The van der Waals surface area contributed by atoms with Crippen LogP contribution >= 0.6 is 31.9 Å². The molecule has 0 aliphatic heterocycles. The fourth-order valence-corrected chi connectivity index (χ4v) is 2.96. The van der Waals surface area contributed by atoms with Crippen molar-refractivity contribution >= 4 is 38.0 Å². The molecule has 0 unspecified atom stereocenters. The molecule has 1 amide bonds. The SMILES string of the molecule is COc1c(Br)cc(Br)cc1CNNC(=O)OC(C)(C)C. The third-order valence-corrected chi connectivity index (χ3v) is 3.20. The van der Waals surface area contributed by atoms with Crippen molar-refractivity contribution in [3.8, 4) is 5.75 Å². The lowest BCUT2D eigenvalue weighted by Crippen LogP contribution is -2.40. The molecule has 0 fully saturated rings. The summed E-state index contributed by atoms with van der Waals surface area (Å²) in [5.41, 5.74) is 5.66. The van der Waals surface area contributed by atoms with Crippen LogP contribution in [0, 0.1) is 0 Å². The molecule has 0 aliphatic rings. The number of halogens is 2. The summed E-state index contributed by atoms with van der Waals surface area (Å²) < 4.78 is 12.2. The average molecular weight is 410 g/mol. The van der Waals surface area contributed by atoms with E-state index in [0.717, 1.165) is 14.5 Å². The second-order valence-corrected chi connectivity index (χ2v) is 6.83. The summed E-state index contributed by atoms with van der Waals surface area (Å²) in [5, 5.41) is 0. The van der Waals surface area contributed by atoms with Crippen LogP contribution in [0.5, 0.6) is 5.75 Å². The van der Waals surface area contributed by atoms with Crippen molar-refractivity contribution in [3.05, 3.63) is 26.6 Å². The monoisotopic (exact) mass is 408 g/mol. The van der Waals surface area contributed by atoms with Gasteiger partial charge >= 0.3 is 6.09 Å². The molecule has 0 aliphatic carbocycles. The summed E-state index contributed by atoms with van der Waals surface area (Å²) in [7, 11) is 1.60. The van der Waals surface area contributed by atoms with Gasteiger partial charge in [0.15, 0.2) is 0 Å². The van der Waals surface area contributed by atoms with Gasteiger partial charge in [0.1, 0.15) is 11.4 Å². The van der Waals surface area contributed by atoms with Crippen molar-refractivity contribution < 1.29 is 14.3 Å². The molecular formula is C13H18Br2N2O3. The Labute approximate surface area is 135 Å². The van der Waals surface area contributed by atoms with Crippen molar-refractivity contribution in [1.29, 1.82) is 0 Å². The van der Waals surface area contributed by atoms with Crippen molar-refractivity contribution in [1.82, 2.24) is 10.9 Å². The van der Waals surface area contributed by atoms with Crippen LogP contribution in [0.1, 0.15) is 26.3 Å². The number of hydrogen-bond acceptors (Lipinski definition) is 4. The van der Waals surface area contributed by atoms with Crippen LogP contribution in [-0.4, -0.2) is 18.8 Å². The Kier molecular flexibility index (Phi) is 6.29. The first-order valence-corrected chi connectivity index (χ1v) is 7.55. The third kappa shape index (κ3) is 5.68. The minimum atomic E-state index is -0.526. The molecule has 1 aromatic carbocycles. The van der Waals surface area contributed by atoms with Crippen molar-refractivity contribution in [3.63, 3.8) is 0 Å². The van der Waals surface area contributed by atoms with E-state index >= 15 is 0 Å². The molecular weight excluding hydrogens is 392 g/mol. The zero-order chi connectivity index (χ0) is 15.3. The molecule has 0 aromatic heterocycles. The first kappa shape index (κ1) is 17.3. The van der Waals surface area contributed by atoms with Gasteiger partial charge in [-0.25, -0.2) is 10.2 Å². The van der Waals surface area contributed by atoms with E-state index in [4.69, 9.17) is 9.47 Å². The van der Waals surface area contributed by atoms with Crippen LogP contribution in [0.4, 0.5) is 4.79 Å². The van der Waals surface area contributed by atoms with E-state index in [1.165, 1.54) is 0 Å². The van der Waals surface area contributed by atoms with Gasteiger partial charge in [-0.3, -0.25) is 5.43 Å². The predicted octanol–water partition coefficient (Wildman–Crippen LogP) is 3.75. The number of methoxy groups -OCH3 is 1.